The van der Waals surface area contributed by atoms with Crippen LogP contribution < -0.4 is 5.32 Å². The third-order valence-electron chi connectivity index (χ3n) is 2.14. The van der Waals surface area contributed by atoms with E-state index >= 15 is 0 Å². The molecule has 1 aromatic rings. The number of hydrogen-bond acceptors (Lipinski definition) is 3. The molecule has 0 aliphatic rings. The SMILES string of the molecule is COC[C@@H](C)N[C@@H](C)c1cccnc1. The van der Waals surface area contributed by atoms with Gasteiger partial charge in [0.1, 0.15) is 0 Å². The Hall–Kier alpha value is -0.930. The Kier molecular flexibility index (Phi) is 4.56. The number of aromatic nitrogens is 1. The van der Waals surface area contributed by atoms with Crippen molar-refractivity contribution in [1.29, 1.82) is 0 Å². The van der Waals surface area contributed by atoms with Crippen LogP contribution >= 0.6 is 0 Å². The molecule has 1 N–H and O–H groups in total. The average molecular weight is 194 g/mol. The van der Waals surface area contributed by atoms with Gasteiger partial charge in [-0.05, 0) is 25.5 Å². The van der Waals surface area contributed by atoms with E-state index in [4.69, 9.17) is 4.74 Å². The number of pyridine rings is 1. The summed E-state index contributed by atoms with van der Waals surface area (Å²) in [5, 5.41) is 3.43. The third-order valence-corrected chi connectivity index (χ3v) is 2.14. The molecule has 0 spiro atoms. The van der Waals surface area contributed by atoms with Gasteiger partial charge in [0.05, 0.1) is 6.61 Å². The fraction of sp³-hybridized carbons (Fsp3) is 0.545. The van der Waals surface area contributed by atoms with Gasteiger partial charge in [-0.15, -0.1) is 0 Å². The van der Waals surface area contributed by atoms with Crippen LogP contribution in [0, 0.1) is 0 Å². The molecule has 0 aliphatic heterocycles. The zero-order valence-electron chi connectivity index (χ0n) is 9.03. The highest BCUT2D eigenvalue weighted by Gasteiger charge is 2.08. The number of nitrogens with zero attached hydrogens (tertiary/aromatic N) is 1. The van der Waals surface area contributed by atoms with E-state index in [1.165, 1.54) is 5.56 Å². The smallest absolute Gasteiger partial charge is 0.0613 e. The van der Waals surface area contributed by atoms with Gasteiger partial charge in [-0.3, -0.25) is 4.98 Å². The van der Waals surface area contributed by atoms with Crippen LogP contribution in [0.2, 0.25) is 0 Å². The molecule has 14 heavy (non-hydrogen) atoms. The molecule has 0 radical (unpaired) electrons. The molecule has 0 saturated carbocycles. The molecule has 1 aromatic heterocycles. The van der Waals surface area contributed by atoms with Gasteiger partial charge >= 0.3 is 0 Å². The molecule has 0 fully saturated rings. The first-order valence-corrected chi connectivity index (χ1v) is 4.89. The maximum Gasteiger partial charge on any atom is 0.0613 e. The standard InChI is InChI=1S/C11H18N2O/c1-9(8-14-3)13-10(2)11-5-4-6-12-7-11/h4-7,9-10,13H,8H2,1-3H3/t9-,10+/m1/s1. The van der Waals surface area contributed by atoms with E-state index < -0.39 is 0 Å². The van der Waals surface area contributed by atoms with Crippen molar-refractivity contribution in [3.8, 4) is 0 Å². The van der Waals surface area contributed by atoms with Gasteiger partial charge in [0, 0.05) is 31.6 Å². The lowest BCUT2D eigenvalue weighted by molar-refractivity contribution is 0.167. The lowest BCUT2D eigenvalue weighted by atomic mass is 10.1. The molecule has 0 unspecified atom stereocenters. The molecule has 0 amide bonds. The summed E-state index contributed by atoms with van der Waals surface area (Å²) >= 11 is 0. The van der Waals surface area contributed by atoms with Crippen molar-refractivity contribution in [2.45, 2.75) is 25.9 Å². The molecule has 0 bridgehead atoms. The van der Waals surface area contributed by atoms with E-state index in [1.807, 2.05) is 12.3 Å². The van der Waals surface area contributed by atoms with Gasteiger partial charge in [0.25, 0.3) is 0 Å². The first-order chi connectivity index (χ1) is 6.74. The minimum atomic E-state index is 0.314. The van der Waals surface area contributed by atoms with Crippen LogP contribution in [-0.4, -0.2) is 24.7 Å². The maximum atomic E-state index is 5.06. The molecular formula is C11H18N2O. The zero-order valence-corrected chi connectivity index (χ0v) is 9.03. The van der Waals surface area contributed by atoms with Crippen LogP contribution in [0.15, 0.2) is 24.5 Å². The van der Waals surface area contributed by atoms with Crippen LogP contribution in [0.1, 0.15) is 25.5 Å². The van der Waals surface area contributed by atoms with E-state index in [0.29, 0.717) is 12.1 Å². The second kappa shape index (κ2) is 5.73. The highest BCUT2D eigenvalue weighted by molar-refractivity contribution is 5.12. The van der Waals surface area contributed by atoms with Crippen LogP contribution in [0.25, 0.3) is 0 Å². The molecule has 0 saturated heterocycles. The van der Waals surface area contributed by atoms with Crippen molar-refractivity contribution < 1.29 is 4.74 Å². The topological polar surface area (TPSA) is 34.1 Å². The summed E-state index contributed by atoms with van der Waals surface area (Å²) in [4.78, 5) is 4.09. The van der Waals surface area contributed by atoms with E-state index in [9.17, 15) is 0 Å². The Bertz CT molecular complexity index is 251. The summed E-state index contributed by atoms with van der Waals surface area (Å²) < 4.78 is 5.06. The Balaban J connectivity index is 2.46. The summed E-state index contributed by atoms with van der Waals surface area (Å²) in [5.41, 5.74) is 1.20. The minimum Gasteiger partial charge on any atom is -0.383 e. The number of ether oxygens (including phenoxy) is 1. The molecule has 0 aliphatic carbocycles. The first kappa shape index (κ1) is 11.1. The van der Waals surface area contributed by atoms with Gasteiger partial charge < -0.3 is 10.1 Å². The normalized spacial score (nSPS) is 15.1. The monoisotopic (exact) mass is 194 g/mol. The third kappa shape index (κ3) is 3.44. The summed E-state index contributed by atoms with van der Waals surface area (Å²) in [6.45, 7) is 4.96. The fourth-order valence-corrected chi connectivity index (χ4v) is 1.45. The van der Waals surface area contributed by atoms with Gasteiger partial charge in [-0.25, -0.2) is 0 Å². The summed E-state index contributed by atoms with van der Waals surface area (Å²) in [6, 6.07) is 4.70. The molecule has 78 valence electrons. The van der Waals surface area contributed by atoms with Gasteiger partial charge in [0.2, 0.25) is 0 Å². The number of rotatable bonds is 5. The van der Waals surface area contributed by atoms with Gasteiger partial charge in [0.15, 0.2) is 0 Å². The largest absolute Gasteiger partial charge is 0.383 e. The van der Waals surface area contributed by atoms with Crippen molar-refractivity contribution in [3.05, 3.63) is 30.1 Å². The van der Waals surface area contributed by atoms with Crippen molar-refractivity contribution in [1.82, 2.24) is 10.3 Å². The van der Waals surface area contributed by atoms with E-state index in [1.54, 1.807) is 13.3 Å². The lowest BCUT2D eigenvalue weighted by Gasteiger charge is -2.19. The van der Waals surface area contributed by atoms with E-state index in [2.05, 4.69) is 30.2 Å². The van der Waals surface area contributed by atoms with Gasteiger partial charge in [-0.1, -0.05) is 6.07 Å². The van der Waals surface area contributed by atoms with Gasteiger partial charge in [-0.2, -0.15) is 0 Å². The second-order valence-corrected chi connectivity index (χ2v) is 3.53. The summed E-state index contributed by atoms with van der Waals surface area (Å²) in [7, 11) is 1.72. The average Bonchev–Trinajstić information content (AvgIpc) is 2.19. The zero-order chi connectivity index (χ0) is 10.4. The van der Waals surface area contributed by atoms with Crippen molar-refractivity contribution >= 4 is 0 Å². The Morgan fingerprint density at radius 1 is 1.50 bits per heavy atom. The lowest BCUT2D eigenvalue weighted by Crippen LogP contribution is -2.32. The van der Waals surface area contributed by atoms with Crippen molar-refractivity contribution in [2.75, 3.05) is 13.7 Å². The van der Waals surface area contributed by atoms with Crippen molar-refractivity contribution in [3.63, 3.8) is 0 Å². The molecule has 1 rings (SSSR count). The maximum absolute atomic E-state index is 5.06. The predicted molar refractivity (Wildman–Crippen MR) is 57.1 cm³/mol. The molecule has 2 atom stereocenters. The highest BCUT2D eigenvalue weighted by Crippen LogP contribution is 2.10. The van der Waals surface area contributed by atoms with Crippen LogP contribution in [0.4, 0.5) is 0 Å². The number of nitrogens with one attached hydrogen (secondary N) is 1. The first-order valence-electron chi connectivity index (χ1n) is 4.89. The molecule has 1 heterocycles. The van der Waals surface area contributed by atoms with E-state index in [-0.39, 0.29) is 0 Å². The minimum absolute atomic E-state index is 0.314. The van der Waals surface area contributed by atoms with E-state index in [0.717, 1.165) is 6.61 Å². The second-order valence-electron chi connectivity index (χ2n) is 3.53. The van der Waals surface area contributed by atoms with Crippen molar-refractivity contribution in [2.24, 2.45) is 0 Å². The molecule has 3 nitrogen and oxygen atoms in total. The quantitative estimate of drug-likeness (QED) is 0.775. The fourth-order valence-electron chi connectivity index (χ4n) is 1.45. The molecule has 3 heteroatoms. The predicted octanol–water partition coefficient (Wildman–Crippen LogP) is 1.77. The molecular weight excluding hydrogens is 176 g/mol. The summed E-state index contributed by atoms with van der Waals surface area (Å²) in [6.07, 6.45) is 3.67. The Labute approximate surface area is 85.5 Å². The number of hydrogen-bond donors (Lipinski definition) is 1. The molecule has 0 aromatic carbocycles. The van der Waals surface area contributed by atoms with Crippen LogP contribution in [0.5, 0.6) is 0 Å². The Morgan fingerprint density at radius 2 is 2.29 bits per heavy atom. The summed E-state index contributed by atoms with van der Waals surface area (Å²) in [5.74, 6) is 0. The highest BCUT2D eigenvalue weighted by atomic mass is 16.5. The number of methoxy groups -OCH3 is 1. The Morgan fingerprint density at radius 3 is 2.86 bits per heavy atom. The van der Waals surface area contributed by atoms with Crippen LogP contribution in [-0.2, 0) is 4.74 Å². The van der Waals surface area contributed by atoms with Crippen LogP contribution in [0.3, 0.4) is 0 Å².